The van der Waals surface area contributed by atoms with E-state index in [9.17, 15) is 0 Å². The number of rotatable bonds is 4. The molecule has 3 nitrogen and oxygen atoms in total. The standard InChI is InChI=1S/C13H11ClN2OS/c1-9-13(18-8-16-9)4-5-17-11-3-2-10(7-15)12(14)6-11/h2-3,6,8H,4-5H2,1H3. The largest absolute Gasteiger partial charge is 0.493 e. The van der Waals surface area contributed by atoms with Crippen molar-refractivity contribution in [3.63, 3.8) is 0 Å². The monoisotopic (exact) mass is 278 g/mol. The summed E-state index contributed by atoms with van der Waals surface area (Å²) < 4.78 is 5.60. The van der Waals surface area contributed by atoms with Crippen molar-refractivity contribution >= 4 is 22.9 Å². The highest BCUT2D eigenvalue weighted by molar-refractivity contribution is 7.09. The van der Waals surface area contributed by atoms with Gasteiger partial charge in [0, 0.05) is 17.4 Å². The maximum Gasteiger partial charge on any atom is 0.120 e. The predicted octanol–water partition coefficient (Wildman–Crippen LogP) is 3.60. The molecule has 0 fully saturated rings. The number of ether oxygens (including phenoxy) is 1. The molecule has 0 N–H and O–H groups in total. The van der Waals surface area contributed by atoms with Gasteiger partial charge in [0.15, 0.2) is 0 Å². The first-order valence-corrected chi connectivity index (χ1v) is 6.68. The van der Waals surface area contributed by atoms with Crippen LogP contribution in [0.4, 0.5) is 0 Å². The van der Waals surface area contributed by atoms with Gasteiger partial charge in [0.2, 0.25) is 0 Å². The number of hydrogen-bond acceptors (Lipinski definition) is 4. The van der Waals surface area contributed by atoms with Crippen LogP contribution in [0, 0.1) is 18.3 Å². The van der Waals surface area contributed by atoms with Crippen molar-refractivity contribution in [3.05, 3.63) is 44.9 Å². The van der Waals surface area contributed by atoms with Crippen LogP contribution in [0.5, 0.6) is 5.75 Å². The molecule has 1 aromatic carbocycles. The summed E-state index contributed by atoms with van der Waals surface area (Å²) in [6.07, 6.45) is 0.828. The lowest BCUT2D eigenvalue weighted by Gasteiger charge is -2.06. The first-order chi connectivity index (χ1) is 8.70. The van der Waals surface area contributed by atoms with E-state index in [0.717, 1.165) is 12.1 Å². The van der Waals surface area contributed by atoms with Crippen molar-refractivity contribution in [3.8, 4) is 11.8 Å². The second kappa shape index (κ2) is 5.85. The molecule has 0 radical (unpaired) electrons. The van der Waals surface area contributed by atoms with E-state index in [1.54, 1.807) is 29.5 Å². The summed E-state index contributed by atoms with van der Waals surface area (Å²) in [5.74, 6) is 0.682. The van der Waals surface area contributed by atoms with Crippen LogP contribution in [-0.4, -0.2) is 11.6 Å². The average molecular weight is 279 g/mol. The van der Waals surface area contributed by atoms with E-state index >= 15 is 0 Å². The van der Waals surface area contributed by atoms with Crippen LogP contribution in [0.15, 0.2) is 23.7 Å². The number of thiazole rings is 1. The zero-order valence-corrected chi connectivity index (χ0v) is 11.4. The number of aryl methyl sites for hydroxylation is 1. The minimum Gasteiger partial charge on any atom is -0.493 e. The van der Waals surface area contributed by atoms with Crippen LogP contribution in [0.25, 0.3) is 0 Å². The van der Waals surface area contributed by atoms with Gasteiger partial charge >= 0.3 is 0 Å². The van der Waals surface area contributed by atoms with E-state index in [4.69, 9.17) is 21.6 Å². The van der Waals surface area contributed by atoms with Crippen LogP contribution in [0.3, 0.4) is 0 Å². The molecule has 18 heavy (non-hydrogen) atoms. The van der Waals surface area contributed by atoms with E-state index in [1.165, 1.54) is 4.88 Å². The summed E-state index contributed by atoms with van der Waals surface area (Å²) in [6.45, 7) is 2.57. The summed E-state index contributed by atoms with van der Waals surface area (Å²) in [7, 11) is 0. The molecule has 2 rings (SSSR count). The Bertz CT molecular complexity index is 589. The Balaban J connectivity index is 1.93. The Hall–Kier alpha value is -1.57. The third-order valence-corrected chi connectivity index (χ3v) is 3.81. The molecule has 0 atom stereocenters. The molecule has 2 aromatic rings. The minimum absolute atomic E-state index is 0.420. The lowest BCUT2D eigenvalue weighted by molar-refractivity contribution is 0.322. The lowest BCUT2D eigenvalue weighted by atomic mass is 10.2. The summed E-state index contributed by atoms with van der Waals surface area (Å²) in [5, 5.41) is 9.18. The summed E-state index contributed by atoms with van der Waals surface area (Å²) in [5.41, 5.74) is 3.35. The molecule has 5 heteroatoms. The summed E-state index contributed by atoms with van der Waals surface area (Å²) >= 11 is 7.56. The van der Waals surface area contributed by atoms with Crippen molar-refractivity contribution in [2.45, 2.75) is 13.3 Å². The zero-order valence-electron chi connectivity index (χ0n) is 9.81. The topological polar surface area (TPSA) is 45.9 Å². The predicted molar refractivity (Wildman–Crippen MR) is 72.2 cm³/mol. The maximum atomic E-state index is 8.76. The molecule has 0 unspecified atom stereocenters. The van der Waals surface area contributed by atoms with Gasteiger partial charge in [-0.15, -0.1) is 11.3 Å². The fourth-order valence-electron chi connectivity index (χ4n) is 1.50. The molecular formula is C13H11ClN2OS. The van der Waals surface area contributed by atoms with Crippen LogP contribution in [-0.2, 0) is 6.42 Å². The molecule has 1 aromatic heterocycles. The highest BCUT2D eigenvalue weighted by Crippen LogP contribution is 2.22. The van der Waals surface area contributed by atoms with Gasteiger partial charge in [0.1, 0.15) is 11.8 Å². The van der Waals surface area contributed by atoms with Gasteiger partial charge < -0.3 is 4.74 Å². The van der Waals surface area contributed by atoms with E-state index in [1.807, 2.05) is 18.5 Å². The van der Waals surface area contributed by atoms with Gasteiger partial charge in [-0.1, -0.05) is 11.6 Å². The van der Waals surface area contributed by atoms with E-state index in [-0.39, 0.29) is 0 Å². The Morgan fingerprint density at radius 1 is 1.50 bits per heavy atom. The molecular weight excluding hydrogens is 268 g/mol. The molecule has 92 valence electrons. The fourth-order valence-corrected chi connectivity index (χ4v) is 2.48. The van der Waals surface area contributed by atoms with E-state index in [0.29, 0.717) is 22.9 Å². The van der Waals surface area contributed by atoms with Crippen molar-refractivity contribution in [2.24, 2.45) is 0 Å². The number of nitriles is 1. The highest BCUT2D eigenvalue weighted by atomic mass is 35.5. The van der Waals surface area contributed by atoms with Gasteiger partial charge in [-0.05, 0) is 19.1 Å². The van der Waals surface area contributed by atoms with Crippen LogP contribution in [0.1, 0.15) is 16.1 Å². The van der Waals surface area contributed by atoms with Crippen molar-refractivity contribution in [1.82, 2.24) is 4.98 Å². The van der Waals surface area contributed by atoms with Crippen molar-refractivity contribution in [1.29, 1.82) is 5.26 Å². The van der Waals surface area contributed by atoms with Gasteiger partial charge in [-0.2, -0.15) is 5.26 Å². The van der Waals surface area contributed by atoms with Gasteiger partial charge in [-0.25, -0.2) is 4.98 Å². The first-order valence-electron chi connectivity index (χ1n) is 5.42. The Kier molecular flexibility index (Phi) is 4.19. The quantitative estimate of drug-likeness (QED) is 0.858. The number of halogens is 1. The van der Waals surface area contributed by atoms with E-state index < -0.39 is 0 Å². The van der Waals surface area contributed by atoms with Crippen LogP contribution >= 0.6 is 22.9 Å². The molecule has 0 saturated heterocycles. The Morgan fingerprint density at radius 3 is 2.94 bits per heavy atom. The Morgan fingerprint density at radius 2 is 2.33 bits per heavy atom. The number of hydrogen-bond donors (Lipinski definition) is 0. The van der Waals surface area contributed by atoms with Crippen LogP contribution < -0.4 is 4.74 Å². The molecule has 1 heterocycles. The molecule has 0 aliphatic carbocycles. The second-order valence-electron chi connectivity index (χ2n) is 3.71. The third kappa shape index (κ3) is 3.00. The SMILES string of the molecule is Cc1ncsc1CCOc1ccc(C#N)c(Cl)c1. The minimum atomic E-state index is 0.420. The molecule has 0 saturated carbocycles. The maximum absolute atomic E-state index is 8.76. The first kappa shape index (κ1) is 12.9. The average Bonchev–Trinajstić information content (AvgIpc) is 2.75. The summed E-state index contributed by atoms with van der Waals surface area (Å²) in [4.78, 5) is 5.42. The molecule has 0 bridgehead atoms. The summed E-state index contributed by atoms with van der Waals surface area (Å²) in [6, 6.07) is 7.10. The zero-order chi connectivity index (χ0) is 13.0. The Labute approximate surface area is 115 Å². The lowest BCUT2D eigenvalue weighted by Crippen LogP contribution is -2.01. The number of nitrogens with zero attached hydrogens (tertiary/aromatic N) is 2. The van der Waals surface area contributed by atoms with Gasteiger partial charge in [0.25, 0.3) is 0 Å². The molecule has 0 aliphatic rings. The van der Waals surface area contributed by atoms with E-state index in [2.05, 4.69) is 4.98 Å². The van der Waals surface area contributed by atoms with Crippen molar-refractivity contribution < 1.29 is 4.74 Å². The van der Waals surface area contributed by atoms with Gasteiger partial charge in [0.05, 0.1) is 28.4 Å². The molecule has 0 spiro atoms. The van der Waals surface area contributed by atoms with Gasteiger partial charge in [-0.3, -0.25) is 0 Å². The molecule has 0 aliphatic heterocycles. The second-order valence-corrected chi connectivity index (χ2v) is 5.06. The fraction of sp³-hybridized carbons (Fsp3) is 0.231. The van der Waals surface area contributed by atoms with Crippen LogP contribution in [0.2, 0.25) is 5.02 Å². The normalized spacial score (nSPS) is 10.1. The number of benzene rings is 1. The highest BCUT2D eigenvalue weighted by Gasteiger charge is 2.04. The van der Waals surface area contributed by atoms with Crippen molar-refractivity contribution in [2.75, 3.05) is 6.61 Å². The smallest absolute Gasteiger partial charge is 0.120 e. The molecule has 0 amide bonds. The number of aromatic nitrogens is 1. The third-order valence-electron chi connectivity index (χ3n) is 2.50.